The van der Waals surface area contributed by atoms with Crippen LogP contribution in [0.2, 0.25) is 0 Å². The van der Waals surface area contributed by atoms with E-state index in [2.05, 4.69) is 17.1 Å². The number of carbonyl (C=O) groups excluding carboxylic acids is 1. The van der Waals surface area contributed by atoms with E-state index >= 15 is 0 Å². The normalized spacial score (nSPS) is 23.3. The Balaban J connectivity index is 1.44. The Hall–Kier alpha value is -1.76. The van der Waals surface area contributed by atoms with Crippen molar-refractivity contribution in [1.82, 2.24) is 9.88 Å². The fourth-order valence-electron chi connectivity index (χ4n) is 3.19. The third-order valence-corrected chi connectivity index (χ3v) is 5.28. The number of hydrogen-bond donors (Lipinski definition) is 0. The van der Waals surface area contributed by atoms with Crippen molar-refractivity contribution in [3.05, 3.63) is 52.5 Å². The molecule has 0 radical (unpaired) electrons. The van der Waals surface area contributed by atoms with Gasteiger partial charge < -0.3 is 14.4 Å². The molecule has 1 aliphatic carbocycles. The highest BCUT2D eigenvalue weighted by Gasteiger charge is 2.46. The molecule has 0 spiro atoms. The summed E-state index contributed by atoms with van der Waals surface area (Å²) in [6.45, 7) is 2.19. The Kier molecular flexibility index (Phi) is 4.60. The number of aromatic nitrogens is 1. The molecule has 0 unspecified atom stereocenters. The van der Waals surface area contributed by atoms with Crippen LogP contribution in [0.15, 0.2) is 41.9 Å². The Bertz CT molecular complexity index is 671. The molecule has 5 nitrogen and oxygen atoms in total. The van der Waals surface area contributed by atoms with E-state index < -0.39 is 0 Å². The van der Waals surface area contributed by atoms with Gasteiger partial charge in [0.05, 0.1) is 26.3 Å². The van der Waals surface area contributed by atoms with Gasteiger partial charge >= 0.3 is 0 Å². The monoisotopic (exact) mass is 344 g/mol. The molecule has 6 heteroatoms. The average molecular weight is 344 g/mol. The topological polar surface area (TPSA) is 51.7 Å². The lowest BCUT2D eigenvalue weighted by molar-refractivity contribution is -0.139. The quantitative estimate of drug-likeness (QED) is 0.808. The maximum atomic E-state index is 13.0. The molecule has 1 amide bonds. The number of thiazole rings is 1. The lowest BCUT2D eigenvalue weighted by Crippen LogP contribution is -2.38. The summed E-state index contributed by atoms with van der Waals surface area (Å²) in [5.41, 5.74) is 1.25. The van der Waals surface area contributed by atoms with Crippen LogP contribution in [0.25, 0.3) is 0 Å². The van der Waals surface area contributed by atoms with E-state index in [0.29, 0.717) is 32.2 Å². The van der Waals surface area contributed by atoms with Crippen LogP contribution in [0, 0.1) is 5.92 Å². The average Bonchev–Trinajstić information content (AvgIpc) is 2.98. The van der Waals surface area contributed by atoms with E-state index in [9.17, 15) is 4.79 Å². The fraction of sp³-hybridized carbons (Fsp3) is 0.444. The van der Waals surface area contributed by atoms with E-state index in [-0.39, 0.29) is 18.1 Å². The standard InChI is InChI=1S/C18H20N2O3S/c21-18(15-10-14(15)13-4-2-1-3-5-13)20(11-16-19-6-9-24-16)12-17-22-7-8-23-17/h1-6,9,14-15,17H,7-8,10-12H2/t14-,15-/m0/s1. The molecule has 1 saturated carbocycles. The van der Waals surface area contributed by atoms with Crippen LogP contribution in [0.4, 0.5) is 0 Å². The molecule has 1 aromatic heterocycles. The molecule has 126 valence electrons. The molecule has 0 N–H and O–H groups in total. The van der Waals surface area contributed by atoms with Crippen LogP contribution in [0.3, 0.4) is 0 Å². The van der Waals surface area contributed by atoms with Crippen LogP contribution >= 0.6 is 11.3 Å². The van der Waals surface area contributed by atoms with Gasteiger partial charge in [-0.3, -0.25) is 4.79 Å². The van der Waals surface area contributed by atoms with Crippen molar-refractivity contribution in [2.45, 2.75) is 25.2 Å². The molecule has 1 saturated heterocycles. The number of nitrogens with zero attached hydrogens (tertiary/aromatic N) is 2. The number of rotatable bonds is 6. The Morgan fingerprint density at radius 3 is 2.75 bits per heavy atom. The maximum absolute atomic E-state index is 13.0. The van der Waals surface area contributed by atoms with Gasteiger partial charge in [0.25, 0.3) is 0 Å². The van der Waals surface area contributed by atoms with Gasteiger partial charge in [-0.2, -0.15) is 0 Å². The van der Waals surface area contributed by atoms with E-state index in [0.717, 1.165) is 11.4 Å². The van der Waals surface area contributed by atoms with E-state index in [1.54, 1.807) is 17.5 Å². The molecule has 2 aliphatic rings. The van der Waals surface area contributed by atoms with Crippen LogP contribution < -0.4 is 0 Å². The van der Waals surface area contributed by atoms with Gasteiger partial charge in [0, 0.05) is 17.5 Å². The van der Waals surface area contributed by atoms with Gasteiger partial charge in [0.2, 0.25) is 5.91 Å². The zero-order valence-corrected chi connectivity index (χ0v) is 14.2. The molecule has 2 atom stereocenters. The molecule has 1 aromatic carbocycles. The number of carbonyl (C=O) groups is 1. The number of amides is 1. The van der Waals surface area contributed by atoms with E-state index in [4.69, 9.17) is 9.47 Å². The number of benzene rings is 1. The van der Waals surface area contributed by atoms with Crippen LogP contribution in [0.1, 0.15) is 22.9 Å². The van der Waals surface area contributed by atoms with Crippen molar-refractivity contribution in [3.63, 3.8) is 0 Å². The first-order valence-electron chi connectivity index (χ1n) is 8.26. The summed E-state index contributed by atoms with van der Waals surface area (Å²) in [6.07, 6.45) is 2.38. The van der Waals surface area contributed by atoms with Gasteiger partial charge in [0.15, 0.2) is 6.29 Å². The number of ether oxygens (including phenoxy) is 2. The minimum absolute atomic E-state index is 0.0637. The third-order valence-electron chi connectivity index (χ3n) is 4.52. The number of hydrogen-bond acceptors (Lipinski definition) is 5. The van der Waals surface area contributed by atoms with Crippen LogP contribution in [0.5, 0.6) is 0 Å². The lowest BCUT2D eigenvalue weighted by atomic mass is 10.1. The van der Waals surface area contributed by atoms with Crippen molar-refractivity contribution >= 4 is 17.2 Å². The van der Waals surface area contributed by atoms with Crippen molar-refractivity contribution < 1.29 is 14.3 Å². The minimum atomic E-state index is -0.317. The smallest absolute Gasteiger partial charge is 0.226 e. The SMILES string of the molecule is O=C([C@H]1C[C@H]1c1ccccc1)N(Cc1nccs1)CC1OCCO1. The predicted octanol–water partition coefficient (Wildman–Crippen LogP) is 2.65. The van der Waals surface area contributed by atoms with Gasteiger partial charge in [0.1, 0.15) is 5.01 Å². The van der Waals surface area contributed by atoms with Crippen molar-refractivity contribution in [1.29, 1.82) is 0 Å². The summed E-state index contributed by atoms with van der Waals surface area (Å²) < 4.78 is 11.1. The zero-order valence-electron chi connectivity index (χ0n) is 13.3. The summed E-state index contributed by atoms with van der Waals surface area (Å²) in [5, 5.41) is 2.88. The molecular weight excluding hydrogens is 324 g/mol. The fourth-order valence-corrected chi connectivity index (χ4v) is 3.82. The molecule has 1 aliphatic heterocycles. The van der Waals surface area contributed by atoms with Gasteiger partial charge in [-0.25, -0.2) is 4.98 Å². The maximum Gasteiger partial charge on any atom is 0.226 e. The summed E-state index contributed by atoms with van der Waals surface area (Å²) in [6, 6.07) is 10.3. The molecule has 2 heterocycles. The highest BCUT2D eigenvalue weighted by Crippen LogP contribution is 2.48. The molecular formula is C18H20N2O3S. The molecule has 2 fully saturated rings. The van der Waals surface area contributed by atoms with Gasteiger partial charge in [-0.05, 0) is 17.9 Å². The Labute approximate surface area is 145 Å². The highest BCUT2D eigenvalue weighted by atomic mass is 32.1. The second-order valence-electron chi connectivity index (χ2n) is 6.18. The van der Waals surface area contributed by atoms with Crippen LogP contribution in [-0.4, -0.2) is 41.8 Å². The second-order valence-corrected chi connectivity index (χ2v) is 7.15. The van der Waals surface area contributed by atoms with E-state index in [1.807, 2.05) is 28.5 Å². The summed E-state index contributed by atoms with van der Waals surface area (Å²) >= 11 is 1.57. The highest BCUT2D eigenvalue weighted by molar-refractivity contribution is 7.09. The first-order chi connectivity index (χ1) is 11.8. The van der Waals surface area contributed by atoms with Crippen molar-refractivity contribution in [3.8, 4) is 0 Å². The van der Waals surface area contributed by atoms with Crippen LogP contribution in [-0.2, 0) is 20.8 Å². The van der Waals surface area contributed by atoms with Crippen molar-refractivity contribution in [2.24, 2.45) is 5.92 Å². The first kappa shape index (κ1) is 15.7. The Morgan fingerprint density at radius 1 is 1.25 bits per heavy atom. The molecule has 2 aromatic rings. The molecule has 0 bridgehead atoms. The second kappa shape index (κ2) is 7.01. The minimum Gasteiger partial charge on any atom is -0.348 e. The van der Waals surface area contributed by atoms with E-state index in [1.165, 1.54) is 5.56 Å². The summed E-state index contributed by atoms with van der Waals surface area (Å²) in [4.78, 5) is 19.2. The lowest BCUT2D eigenvalue weighted by Gasteiger charge is -2.24. The predicted molar refractivity (Wildman–Crippen MR) is 90.5 cm³/mol. The Morgan fingerprint density at radius 2 is 2.04 bits per heavy atom. The third kappa shape index (κ3) is 3.50. The summed E-state index contributed by atoms with van der Waals surface area (Å²) in [5.74, 6) is 0.579. The summed E-state index contributed by atoms with van der Waals surface area (Å²) in [7, 11) is 0. The van der Waals surface area contributed by atoms with Gasteiger partial charge in [-0.15, -0.1) is 11.3 Å². The molecule has 24 heavy (non-hydrogen) atoms. The molecule has 4 rings (SSSR count). The van der Waals surface area contributed by atoms with Gasteiger partial charge in [-0.1, -0.05) is 30.3 Å². The zero-order chi connectivity index (χ0) is 16.4. The first-order valence-corrected chi connectivity index (χ1v) is 9.14. The van der Waals surface area contributed by atoms with Crippen molar-refractivity contribution in [2.75, 3.05) is 19.8 Å². The largest absolute Gasteiger partial charge is 0.348 e.